The van der Waals surface area contributed by atoms with Gasteiger partial charge in [-0.3, -0.25) is 4.90 Å². The molecule has 1 aliphatic carbocycles. The molecule has 1 saturated carbocycles. The van der Waals surface area contributed by atoms with Gasteiger partial charge in [0, 0.05) is 38.3 Å². The van der Waals surface area contributed by atoms with E-state index in [0.29, 0.717) is 19.1 Å². The second kappa shape index (κ2) is 6.73. The Balaban J connectivity index is 1.55. The summed E-state index contributed by atoms with van der Waals surface area (Å²) in [5.41, 5.74) is 0. The Hall–Kier alpha value is -0.210. The first-order valence-corrected chi connectivity index (χ1v) is 10.0. The Morgan fingerprint density at radius 2 is 1.64 bits per heavy atom. The van der Waals surface area contributed by atoms with Gasteiger partial charge < -0.3 is 4.74 Å². The standard InChI is InChI=1S/C15H29N3O3S/c1-12-9-18(10-13(2)21-12)22(19,20)16-14-7-8-17(11-14)15-5-3-4-6-15/h12-16H,3-11H2,1-2H3/t12-,13-,14+/m1/s1. The molecule has 0 bridgehead atoms. The zero-order chi connectivity index (χ0) is 15.7. The van der Waals surface area contributed by atoms with Crippen LogP contribution >= 0.6 is 0 Å². The lowest BCUT2D eigenvalue weighted by molar-refractivity contribution is -0.0444. The number of nitrogens with one attached hydrogen (secondary N) is 1. The Morgan fingerprint density at radius 3 is 2.27 bits per heavy atom. The van der Waals surface area contributed by atoms with Gasteiger partial charge in [-0.15, -0.1) is 0 Å². The number of ether oxygens (including phenoxy) is 1. The van der Waals surface area contributed by atoms with E-state index in [1.807, 2.05) is 13.8 Å². The van der Waals surface area contributed by atoms with Crippen LogP contribution in [-0.2, 0) is 14.9 Å². The van der Waals surface area contributed by atoms with Crippen molar-refractivity contribution in [2.24, 2.45) is 0 Å². The molecule has 0 unspecified atom stereocenters. The SMILES string of the molecule is C[C@@H]1CN(S(=O)(=O)N[C@H]2CCN(C3CCCC3)C2)C[C@@H](C)O1. The highest BCUT2D eigenvalue weighted by Crippen LogP contribution is 2.27. The molecule has 0 aromatic rings. The van der Waals surface area contributed by atoms with Crippen molar-refractivity contribution in [2.45, 2.75) is 70.2 Å². The molecule has 0 spiro atoms. The molecule has 0 aromatic carbocycles. The van der Waals surface area contributed by atoms with Crippen LogP contribution in [0.3, 0.4) is 0 Å². The van der Waals surface area contributed by atoms with Gasteiger partial charge in [0.15, 0.2) is 0 Å². The van der Waals surface area contributed by atoms with E-state index >= 15 is 0 Å². The van der Waals surface area contributed by atoms with Crippen LogP contribution in [0, 0.1) is 0 Å². The highest BCUT2D eigenvalue weighted by atomic mass is 32.2. The molecule has 0 radical (unpaired) electrons. The van der Waals surface area contributed by atoms with E-state index in [0.717, 1.165) is 19.5 Å². The van der Waals surface area contributed by atoms with Gasteiger partial charge >= 0.3 is 0 Å². The summed E-state index contributed by atoms with van der Waals surface area (Å²) in [7, 11) is -3.40. The topological polar surface area (TPSA) is 61.9 Å². The third-order valence-electron chi connectivity index (χ3n) is 5.10. The number of likely N-dealkylation sites (tertiary alicyclic amines) is 1. The van der Waals surface area contributed by atoms with Gasteiger partial charge in [0.05, 0.1) is 12.2 Å². The average Bonchev–Trinajstić information content (AvgIpc) is 3.07. The maximum absolute atomic E-state index is 12.6. The molecule has 6 nitrogen and oxygen atoms in total. The maximum Gasteiger partial charge on any atom is 0.279 e. The number of rotatable bonds is 4. The fourth-order valence-electron chi connectivity index (χ4n) is 4.10. The summed E-state index contributed by atoms with van der Waals surface area (Å²) in [5.74, 6) is 0. The van der Waals surface area contributed by atoms with E-state index in [4.69, 9.17) is 4.74 Å². The second-order valence-corrected chi connectivity index (χ2v) is 8.82. The van der Waals surface area contributed by atoms with Crippen molar-refractivity contribution in [3.8, 4) is 0 Å². The van der Waals surface area contributed by atoms with Crippen molar-refractivity contribution >= 4 is 10.2 Å². The van der Waals surface area contributed by atoms with Crippen LogP contribution in [0.2, 0.25) is 0 Å². The van der Waals surface area contributed by atoms with E-state index in [1.54, 1.807) is 4.31 Å². The summed E-state index contributed by atoms with van der Waals surface area (Å²) < 4.78 is 35.3. The van der Waals surface area contributed by atoms with Crippen molar-refractivity contribution in [2.75, 3.05) is 26.2 Å². The molecule has 7 heteroatoms. The van der Waals surface area contributed by atoms with Crippen molar-refractivity contribution in [1.82, 2.24) is 13.9 Å². The van der Waals surface area contributed by atoms with Gasteiger partial charge in [-0.05, 0) is 33.1 Å². The normalized spacial score (nSPS) is 36.2. The van der Waals surface area contributed by atoms with Crippen molar-refractivity contribution < 1.29 is 13.2 Å². The van der Waals surface area contributed by atoms with Gasteiger partial charge in [0.25, 0.3) is 10.2 Å². The maximum atomic E-state index is 12.6. The van der Waals surface area contributed by atoms with Crippen LogP contribution in [0.4, 0.5) is 0 Å². The van der Waals surface area contributed by atoms with Gasteiger partial charge in [-0.25, -0.2) is 0 Å². The molecule has 22 heavy (non-hydrogen) atoms. The Kier molecular flexibility index (Phi) is 5.09. The molecule has 3 rings (SSSR count). The molecule has 0 aromatic heterocycles. The van der Waals surface area contributed by atoms with E-state index in [9.17, 15) is 8.42 Å². The van der Waals surface area contributed by atoms with E-state index < -0.39 is 10.2 Å². The molecule has 2 aliphatic heterocycles. The molecule has 3 atom stereocenters. The van der Waals surface area contributed by atoms with Crippen LogP contribution in [-0.4, -0.2) is 68.1 Å². The predicted octanol–water partition coefficient (Wildman–Crippen LogP) is 0.947. The molecule has 1 N–H and O–H groups in total. The number of hydrogen-bond donors (Lipinski definition) is 1. The van der Waals surface area contributed by atoms with E-state index in [2.05, 4.69) is 9.62 Å². The minimum Gasteiger partial charge on any atom is -0.373 e. The smallest absolute Gasteiger partial charge is 0.279 e. The first kappa shape index (κ1) is 16.6. The van der Waals surface area contributed by atoms with Gasteiger partial charge in [-0.2, -0.15) is 17.4 Å². The van der Waals surface area contributed by atoms with Gasteiger partial charge in [-0.1, -0.05) is 12.8 Å². The molecule has 3 aliphatic rings. The first-order valence-electron chi connectivity index (χ1n) is 8.61. The number of hydrogen-bond acceptors (Lipinski definition) is 4. The molecular weight excluding hydrogens is 302 g/mol. The van der Waals surface area contributed by atoms with Crippen molar-refractivity contribution in [3.63, 3.8) is 0 Å². The monoisotopic (exact) mass is 331 g/mol. The minimum atomic E-state index is -3.40. The largest absolute Gasteiger partial charge is 0.373 e. The molecule has 2 saturated heterocycles. The third kappa shape index (κ3) is 3.82. The summed E-state index contributed by atoms with van der Waals surface area (Å²) in [6, 6.07) is 0.733. The van der Waals surface area contributed by atoms with Gasteiger partial charge in [0.1, 0.15) is 0 Å². The molecule has 128 valence electrons. The predicted molar refractivity (Wildman–Crippen MR) is 85.9 cm³/mol. The zero-order valence-electron chi connectivity index (χ0n) is 13.7. The molecular formula is C15H29N3O3S. The lowest BCUT2D eigenvalue weighted by Gasteiger charge is -2.35. The lowest BCUT2D eigenvalue weighted by Crippen LogP contribution is -2.54. The third-order valence-corrected chi connectivity index (χ3v) is 6.71. The average molecular weight is 331 g/mol. The Morgan fingerprint density at radius 1 is 1.00 bits per heavy atom. The zero-order valence-corrected chi connectivity index (χ0v) is 14.5. The summed E-state index contributed by atoms with van der Waals surface area (Å²) >= 11 is 0. The fourth-order valence-corrected chi connectivity index (χ4v) is 5.67. The minimum absolute atomic E-state index is 0.0427. The van der Waals surface area contributed by atoms with Crippen LogP contribution in [0.15, 0.2) is 0 Å². The van der Waals surface area contributed by atoms with E-state index in [1.165, 1.54) is 25.7 Å². The Labute approximate surface area is 134 Å². The lowest BCUT2D eigenvalue weighted by atomic mass is 10.2. The summed E-state index contributed by atoms with van der Waals surface area (Å²) in [6.45, 7) is 6.62. The number of morpholine rings is 1. The highest BCUT2D eigenvalue weighted by molar-refractivity contribution is 7.87. The second-order valence-electron chi connectivity index (χ2n) is 7.12. The molecule has 2 heterocycles. The molecule has 3 fully saturated rings. The van der Waals surface area contributed by atoms with Crippen molar-refractivity contribution in [3.05, 3.63) is 0 Å². The summed E-state index contributed by atoms with van der Waals surface area (Å²) in [5, 5.41) is 0. The number of nitrogens with zero attached hydrogens (tertiary/aromatic N) is 2. The van der Waals surface area contributed by atoms with Crippen molar-refractivity contribution in [1.29, 1.82) is 0 Å². The van der Waals surface area contributed by atoms with Crippen LogP contribution in [0.5, 0.6) is 0 Å². The molecule has 0 amide bonds. The summed E-state index contributed by atoms with van der Waals surface area (Å²) in [4.78, 5) is 2.48. The fraction of sp³-hybridized carbons (Fsp3) is 1.00. The van der Waals surface area contributed by atoms with E-state index in [-0.39, 0.29) is 18.2 Å². The summed E-state index contributed by atoms with van der Waals surface area (Å²) in [6.07, 6.45) is 6.03. The Bertz CT molecular complexity index is 468. The quantitative estimate of drug-likeness (QED) is 0.833. The van der Waals surface area contributed by atoms with Crippen LogP contribution < -0.4 is 4.72 Å². The highest BCUT2D eigenvalue weighted by Gasteiger charge is 2.36. The first-order chi connectivity index (χ1) is 10.4. The van der Waals surface area contributed by atoms with Crippen LogP contribution in [0.1, 0.15) is 46.0 Å². The van der Waals surface area contributed by atoms with Gasteiger partial charge in [0.2, 0.25) is 0 Å². The van der Waals surface area contributed by atoms with Crippen LogP contribution in [0.25, 0.3) is 0 Å².